The van der Waals surface area contributed by atoms with Crippen molar-refractivity contribution < 1.29 is 4.92 Å². The van der Waals surface area contributed by atoms with Crippen LogP contribution in [0.2, 0.25) is 0 Å². The van der Waals surface area contributed by atoms with Crippen LogP contribution in [-0.2, 0) is 0 Å². The molecule has 0 saturated carbocycles. The van der Waals surface area contributed by atoms with Gasteiger partial charge >= 0.3 is 0 Å². The smallest absolute Gasteiger partial charge is 0.269 e. The number of rotatable bonds is 5. The highest BCUT2D eigenvalue weighted by Gasteiger charge is 2.03. The van der Waals surface area contributed by atoms with Gasteiger partial charge in [0, 0.05) is 17.7 Å². The highest BCUT2D eigenvalue weighted by Crippen LogP contribution is 2.13. The fraction of sp³-hybridized carbons (Fsp3) is 0. The Balaban J connectivity index is 2.28. The molecule has 0 fully saturated rings. The minimum atomic E-state index is -0.441. The van der Waals surface area contributed by atoms with Crippen molar-refractivity contribution in [3.8, 4) is 0 Å². The lowest BCUT2D eigenvalue weighted by atomic mass is 10.1. The molecule has 0 aliphatic rings. The molecule has 0 aromatic heterocycles. The molecule has 0 spiro atoms. The van der Waals surface area contributed by atoms with E-state index >= 15 is 0 Å². The molecular formula is C16H15N5O2. The molecule has 0 heterocycles. The third kappa shape index (κ3) is 4.78. The van der Waals surface area contributed by atoms with E-state index < -0.39 is 4.92 Å². The summed E-state index contributed by atoms with van der Waals surface area (Å²) in [6, 6.07) is 15.6. The predicted octanol–water partition coefficient (Wildman–Crippen LogP) is 2.29. The van der Waals surface area contributed by atoms with Gasteiger partial charge in [-0.15, -0.1) is 10.2 Å². The number of nitrogens with zero attached hydrogens (tertiary/aromatic N) is 3. The zero-order valence-corrected chi connectivity index (χ0v) is 12.2. The lowest BCUT2D eigenvalue weighted by Gasteiger charge is -2.00. The van der Waals surface area contributed by atoms with Gasteiger partial charge in [0.15, 0.2) is 0 Å². The third-order valence-electron chi connectivity index (χ3n) is 2.88. The van der Waals surface area contributed by atoms with Crippen LogP contribution in [0.25, 0.3) is 6.08 Å². The van der Waals surface area contributed by atoms with E-state index in [-0.39, 0.29) is 11.6 Å². The molecular weight excluding hydrogens is 294 g/mol. The second-order valence-electron chi connectivity index (χ2n) is 4.56. The van der Waals surface area contributed by atoms with Gasteiger partial charge in [0.2, 0.25) is 5.96 Å². The maximum absolute atomic E-state index is 10.6. The summed E-state index contributed by atoms with van der Waals surface area (Å²) in [5.41, 5.74) is 12.9. The van der Waals surface area contributed by atoms with Gasteiger partial charge in [-0.25, -0.2) is 0 Å². The molecule has 116 valence electrons. The minimum Gasteiger partial charge on any atom is -0.369 e. The molecule has 0 atom stereocenters. The van der Waals surface area contributed by atoms with Crippen molar-refractivity contribution >= 4 is 23.4 Å². The number of guanidine groups is 1. The van der Waals surface area contributed by atoms with Gasteiger partial charge in [0.05, 0.1) is 10.6 Å². The van der Waals surface area contributed by atoms with E-state index in [0.29, 0.717) is 5.71 Å². The molecule has 2 rings (SSSR count). The summed E-state index contributed by atoms with van der Waals surface area (Å²) in [5.74, 6) is -0.137. The molecule has 0 radical (unpaired) electrons. The topological polar surface area (TPSA) is 120 Å². The first-order valence-corrected chi connectivity index (χ1v) is 6.71. The van der Waals surface area contributed by atoms with Crippen molar-refractivity contribution in [1.29, 1.82) is 0 Å². The van der Waals surface area contributed by atoms with Crippen LogP contribution in [0.5, 0.6) is 0 Å². The highest BCUT2D eigenvalue weighted by molar-refractivity contribution is 6.10. The van der Waals surface area contributed by atoms with Crippen LogP contribution in [0, 0.1) is 10.1 Å². The second kappa shape index (κ2) is 7.51. The molecule has 4 N–H and O–H groups in total. The Hall–Kier alpha value is -3.48. The molecule has 2 aromatic rings. The number of allylic oxidation sites excluding steroid dienone is 1. The van der Waals surface area contributed by atoms with Crippen molar-refractivity contribution in [2.24, 2.45) is 21.7 Å². The van der Waals surface area contributed by atoms with Gasteiger partial charge < -0.3 is 11.5 Å². The standard InChI is InChI=1S/C16H15N5O2/c17-16(18)20-19-15(13-4-2-1-3-5-13)11-8-12-6-9-14(10-7-12)21(22)23/h1-11H,(H4,17,18,20)/b11-8+,19-15?. The zero-order chi connectivity index (χ0) is 16.7. The van der Waals surface area contributed by atoms with Crippen molar-refractivity contribution in [2.45, 2.75) is 0 Å². The molecule has 23 heavy (non-hydrogen) atoms. The van der Waals surface area contributed by atoms with Crippen molar-refractivity contribution in [2.75, 3.05) is 0 Å². The number of nitro groups is 1. The van der Waals surface area contributed by atoms with Crippen LogP contribution in [-0.4, -0.2) is 16.6 Å². The van der Waals surface area contributed by atoms with Crippen LogP contribution in [0.4, 0.5) is 5.69 Å². The summed E-state index contributed by atoms with van der Waals surface area (Å²) in [6.45, 7) is 0. The minimum absolute atomic E-state index is 0.0413. The van der Waals surface area contributed by atoms with Gasteiger partial charge in [-0.3, -0.25) is 10.1 Å². The summed E-state index contributed by atoms with van der Waals surface area (Å²) in [6.07, 6.45) is 3.51. The maximum Gasteiger partial charge on any atom is 0.269 e. The molecule has 7 nitrogen and oxygen atoms in total. The van der Waals surface area contributed by atoms with Gasteiger partial charge in [-0.1, -0.05) is 36.4 Å². The number of non-ortho nitro benzene ring substituents is 1. The van der Waals surface area contributed by atoms with Gasteiger partial charge in [0.1, 0.15) is 0 Å². The zero-order valence-electron chi connectivity index (χ0n) is 12.2. The number of nitro benzene ring substituents is 1. The van der Waals surface area contributed by atoms with E-state index in [4.69, 9.17) is 11.5 Å². The van der Waals surface area contributed by atoms with Gasteiger partial charge in [0.25, 0.3) is 5.69 Å². The Kier molecular flexibility index (Phi) is 5.19. The predicted molar refractivity (Wildman–Crippen MR) is 90.9 cm³/mol. The molecule has 0 aliphatic carbocycles. The largest absolute Gasteiger partial charge is 0.369 e. The van der Waals surface area contributed by atoms with E-state index in [9.17, 15) is 10.1 Å². The molecule has 0 unspecified atom stereocenters. The highest BCUT2D eigenvalue weighted by atomic mass is 16.6. The lowest BCUT2D eigenvalue weighted by Crippen LogP contribution is -2.22. The maximum atomic E-state index is 10.6. The summed E-state index contributed by atoms with van der Waals surface area (Å²) < 4.78 is 0. The monoisotopic (exact) mass is 309 g/mol. The molecule has 0 aliphatic heterocycles. The summed E-state index contributed by atoms with van der Waals surface area (Å²) >= 11 is 0. The van der Waals surface area contributed by atoms with E-state index in [2.05, 4.69) is 10.2 Å². The SMILES string of the molecule is NC(N)=NN=C(/C=C/c1ccc([N+](=O)[O-])cc1)c1ccccc1. The molecule has 0 saturated heterocycles. The number of hydrogen-bond acceptors (Lipinski definition) is 4. The van der Waals surface area contributed by atoms with E-state index in [1.165, 1.54) is 12.1 Å². The first-order valence-electron chi connectivity index (χ1n) is 6.71. The Morgan fingerprint density at radius 1 is 1.00 bits per heavy atom. The van der Waals surface area contributed by atoms with Crippen LogP contribution in [0.15, 0.2) is 70.9 Å². The van der Waals surface area contributed by atoms with E-state index in [0.717, 1.165) is 11.1 Å². The fourth-order valence-corrected chi connectivity index (χ4v) is 1.79. The summed E-state index contributed by atoms with van der Waals surface area (Å²) in [7, 11) is 0. The normalized spacial score (nSPS) is 11.4. The number of nitrogens with two attached hydrogens (primary N) is 2. The van der Waals surface area contributed by atoms with E-state index in [1.54, 1.807) is 24.3 Å². The Bertz CT molecular complexity index is 761. The average Bonchev–Trinajstić information content (AvgIpc) is 2.56. The van der Waals surface area contributed by atoms with Crippen LogP contribution < -0.4 is 11.5 Å². The van der Waals surface area contributed by atoms with Crippen LogP contribution >= 0.6 is 0 Å². The van der Waals surface area contributed by atoms with Crippen molar-refractivity contribution in [3.63, 3.8) is 0 Å². The molecule has 0 bridgehead atoms. The first kappa shape index (κ1) is 15.9. The van der Waals surface area contributed by atoms with Gasteiger partial charge in [-0.2, -0.15) is 0 Å². The van der Waals surface area contributed by atoms with Crippen LogP contribution in [0.3, 0.4) is 0 Å². The van der Waals surface area contributed by atoms with Crippen LogP contribution in [0.1, 0.15) is 11.1 Å². The third-order valence-corrected chi connectivity index (χ3v) is 2.88. The average molecular weight is 309 g/mol. The fourth-order valence-electron chi connectivity index (χ4n) is 1.79. The number of benzene rings is 2. The molecule has 2 aromatic carbocycles. The summed E-state index contributed by atoms with van der Waals surface area (Å²) in [5, 5.41) is 18.3. The van der Waals surface area contributed by atoms with Crippen molar-refractivity contribution in [3.05, 3.63) is 81.9 Å². The Morgan fingerprint density at radius 2 is 1.65 bits per heavy atom. The van der Waals surface area contributed by atoms with E-state index in [1.807, 2.05) is 30.3 Å². The molecule has 7 heteroatoms. The quantitative estimate of drug-likeness (QED) is 0.381. The summed E-state index contributed by atoms with van der Waals surface area (Å²) in [4.78, 5) is 10.2. The Morgan fingerprint density at radius 3 is 2.22 bits per heavy atom. The van der Waals surface area contributed by atoms with Crippen molar-refractivity contribution in [1.82, 2.24) is 0 Å². The lowest BCUT2D eigenvalue weighted by molar-refractivity contribution is -0.384. The number of hydrogen-bond donors (Lipinski definition) is 2. The second-order valence-corrected chi connectivity index (χ2v) is 4.56. The van der Waals surface area contributed by atoms with Gasteiger partial charge in [-0.05, 0) is 23.8 Å². The first-order chi connectivity index (χ1) is 11.1. The molecule has 0 amide bonds. The Labute approximate surface area is 132 Å².